The first-order chi connectivity index (χ1) is 9.65. The molecule has 0 aliphatic heterocycles. The summed E-state index contributed by atoms with van der Waals surface area (Å²) in [4.78, 5) is 14.6. The predicted molar refractivity (Wildman–Crippen MR) is 86.4 cm³/mol. The molecule has 1 aliphatic carbocycles. The number of carbonyl (C=O) groups is 1. The molecule has 0 spiro atoms. The second kappa shape index (κ2) is 5.88. The van der Waals surface area contributed by atoms with E-state index in [2.05, 4.69) is 27.4 Å². The number of rotatable bonds is 4. The van der Waals surface area contributed by atoms with Gasteiger partial charge in [0.05, 0.1) is 5.02 Å². The van der Waals surface area contributed by atoms with Crippen molar-refractivity contribution in [2.24, 2.45) is 0 Å². The van der Waals surface area contributed by atoms with Gasteiger partial charge in [0.2, 0.25) is 0 Å². The molecule has 0 unspecified atom stereocenters. The van der Waals surface area contributed by atoms with Crippen molar-refractivity contribution in [2.45, 2.75) is 25.4 Å². The van der Waals surface area contributed by atoms with Gasteiger partial charge in [-0.2, -0.15) is 11.3 Å². The van der Waals surface area contributed by atoms with E-state index in [1.807, 2.05) is 22.4 Å². The summed E-state index contributed by atoms with van der Waals surface area (Å²) in [6.07, 6.45) is 2.19. The summed E-state index contributed by atoms with van der Waals surface area (Å²) in [7, 11) is 0. The lowest BCUT2D eigenvalue weighted by Crippen LogP contribution is -2.32. The van der Waals surface area contributed by atoms with Gasteiger partial charge in [0, 0.05) is 22.6 Å². The summed E-state index contributed by atoms with van der Waals surface area (Å²) in [6.45, 7) is 0.681. The monoisotopic (exact) mass is 369 g/mol. The van der Waals surface area contributed by atoms with Crippen LogP contribution in [-0.4, -0.2) is 16.8 Å². The van der Waals surface area contributed by atoms with Crippen LogP contribution in [0.25, 0.3) is 0 Å². The normalized spacial score (nSPS) is 14.3. The van der Waals surface area contributed by atoms with Gasteiger partial charge in [-0.25, -0.2) is 0 Å². The lowest BCUT2D eigenvalue weighted by molar-refractivity contribution is 0.0730. The van der Waals surface area contributed by atoms with E-state index in [0.717, 1.165) is 17.3 Å². The molecule has 0 saturated heterocycles. The maximum atomic E-state index is 12.7. The molecule has 0 atom stereocenters. The van der Waals surface area contributed by atoms with E-state index in [1.54, 1.807) is 17.4 Å². The second-order valence-electron chi connectivity index (χ2n) is 4.92. The highest BCUT2D eigenvalue weighted by Crippen LogP contribution is 2.31. The number of nitrogens with zero attached hydrogens (tertiary/aromatic N) is 1. The topological polar surface area (TPSA) is 20.3 Å². The third-order valence-electron chi connectivity index (χ3n) is 3.35. The molecule has 0 radical (unpaired) electrons. The molecule has 1 fully saturated rings. The first-order valence-corrected chi connectivity index (χ1v) is 8.53. The largest absolute Gasteiger partial charge is 0.331 e. The smallest absolute Gasteiger partial charge is 0.254 e. The molecule has 1 aromatic carbocycles. The Morgan fingerprint density at radius 1 is 1.40 bits per heavy atom. The molecule has 1 aromatic heterocycles. The van der Waals surface area contributed by atoms with Crippen molar-refractivity contribution in [1.29, 1.82) is 0 Å². The summed E-state index contributed by atoms with van der Waals surface area (Å²) in [6, 6.07) is 7.83. The molecule has 20 heavy (non-hydrogen) atoms. The van der Waals surface area contributed by atoms with Crippen LogP contribution in [-0.2, 0) is 6.54 Å². The minimum absolute atomic E-state index is 0.0631. The van der Waals surface area contributed by atoms with Crippen LogP contribution in [0, 0.1) is 0 Å². The summed E-state index contributed by atoms with van der Waals surface area (Å²) < 4.78 is 0.812. The van der Waals surface area contributed by atoms with Gasteiger partial charge in [-0.1, -0.05) is 11.6 Å². The Bertz CT molecular complexity index is 625. The Morgan fingerprint density at radius 3 is 2.80 bits per heavy atom. The quantitative estimate of drug-likeness (QED) is 0.744. The van der Waals surface area contributed by atoms with E-state index < -0.39 is 0 Å². The van der Waals surface area contributed by atoms with Crippen LogP contribution >= 0.6 is 38.9 Å². The van der Waals surface area contributed by atoms with Crippen molar-refractivity contribution >= 4 is 44.8 Å². The SMILES string of the molecule is O=C(c1ccc(Br)c(Cl)c1)N(Cc1ccsc1)C1CC1. The zero-order chi connectivity index (χ0) is 14.1. The van der Waals surface area contributed by atoms with E-state index in [4.69, 9.17) is 11.6 Å². The van der Waals surface area contributed by atoms with Crippen LogP contribution in [0.2, 0.25) is 5.02 Å². The minimum atomic E-state index is 0.0631. The third kappa shape index (κ3) is 3.08. The van der Waals surface area contributed by atoms with Crippen LogP contribution in [0.3, 0.4) is 0 Å². The number of halogens is 2. The molecule has 2 aromatic rings. The molecule has 0 bridgehead atoms. The Hall–Kier alpha value is -0.840. The fourth-order valence-corrected chi connectivity index (χ4v) is 3.21. The van der Waals surface area contributed by atoms with E-state index >= 15 is 0 Å². The van der Waals surface area contributed by atoms with Gasteiger partial charge in [0.15, 0.2) is 0 Å². The maximum Gasteiger partial charge on any atom is 0.254 e. The van der Waals surface area contributed by atoms with Crippen LogP contribution in [0.1, 0.15) is 28.8 Å². The van der Waals surface area contributed by atoms with E-state index in [0.29, 0.717) is 23.2 Å². The summed E-state index contributed by atoms with van der Waals surface area (Å²) in [5, 5.41) is 4.71. The van der Waals surface area contributed by atoms with Gasteiger partial charge in [0.25, 0.3) is 5.91 Å². The number of thiophene rings is 1. The molecule has 1 saturated carbocycles. The molecule has 3 rings (SSSR count). The molecular formula is C15H13BrClNOS. The first kappa shape index (κ1) is 14.1. The molecule has 104 valence electrons. The van der Waals surface area contributed by atoms with Gasteiger partial charge in [-0.05, 0) is 69.4 Å². The summed E-state index contributed by atoms with van der Waals surface area (Å²) >= 11 is 11.1. The minimum Gasteiger partial charge on any atom is -0.331 e. The van der Waals surface area contributed by atoms with E-state index in [-0.39, 0.29) is 5.91 Å². The zero-order valence-corrected chi connectivity index (χ0v) is 13.8. The standard InChI is InChI=1S/C15H13BrClNOS/c16-13-4-1-11(7-14(13)17)15(19)18(12-2-3-12)8-10-5-6-20-9-10/h1,4-7,9,12H,2-3,8H2. The first-order valence-electron chi connectivity index (χ1n) is 6.42. The van der Waals surface area contributed by atoms with Crippen molar-refractivity contribution in [3.63, 3.8) is 0 Å². The molecule has 2 nitrogen and oxygen atoms in total. The van der Waals surface area contributed by atoms with Crippen molar-refractivity contribution in [1.82, 2.24) is 4.90 Å². The predicted octanol–water partition coefficient (Wildman–Crippen LogP) is 4.97. The second-order valence-corrected chi connectivity index (χ2v) is 6.97. The van der Waals surface area contributed by atoms with Gasteiger partial charge in [-0.15, -0.1) is 0 Å². The van der Waals surface area contributed by atoms with Crippen LogP contribution in [0.4, 0.5) is 0 Å². The number of benzene rings is 1. The van der Waals surface area contributed by atoms with Crippen LogP contribution in [0.5, 0.6) is 0 Å². The lowest BCUT2D eigenvalue weighted by Gasteiger charge is -2.22. The molecule has 5 heteroatoms. The van der Waals surface area contributed by atoms with E-state index in [9.17, 15) is 4.79 Å². The van der Waals surface area contributed by atoms with Crippen LogP contribution in [0.15, 0.2) is 39.5 Å². The fraction of sp³-hybridized carbons (Fsp3) is 0.267. The van der Waals surface area contributed by atoms with Crippen LogP contribution < -0.4 is 0 Å². The Balaban J connectivity index is 1.83. The highest BCUT2D eigenvalue weighted by molar-refractivity contribution is 9.10. The van der Waals surface area contributed by atoms with E-state index in [1.165, 1.54) is 5.56 Å². The van der Waals surface area contributed by atoms with Gasteiger partial charge in [0.1, 0.15) is 0 Å². The molecular weight excluding hydrogens is 358 g/mol. The zero-order valence-electron chi connectivity index (χ0n) is 10.7. The lowest BCUT2D eigenvalue weighted by atomic mass is 10.2. The Labute approximate surface area is 135 Å². The molecule has 1 aliphatic rings. The number of hydrogen-bond donors (Lipinski definition) is 0. The average Bonchev–Trinajstić information content (AvgIpc) is 3.15. The summed E-state index contributed by atoms with van der Waals surface area (Å²) in [5.41, 5.74) is 1.85. The Morgan fingerprint density at radius 2 is 2.20 bits per heavy atom. The number of carbonyl (C=O) groups excluding carboxylic acids is 1. The van der Waals surface area contributed by atoms with Crippen molar-refractivity contribution in [2.75, 3.05) is 0 Å². The molecule has 1 heterocycles. The van der Waals surface area contributed by atoms with Gasteiger partial charge >= 0.3 is 0 Å². The highest BCUT2D eigenvalue weighted by Gasteiger charge is 2.33. The van der Waals surface area contributed by atoms with Crippen molar-refractivity contribution in [3.8, 4) is 0 Å². The average molecular weight is 371 g/mol. The van der Waals surface area contributed by atoms with Crippen molar-refractivity contribution in [3.05, 3.63) is 55.6 Å². The van der Waals surface area contributed by atoms with Gasteiger partial charge in [-0.3, -0.25) is 4.79 Å². The summed E-state index contributed by atoms with van der Waals surface area (Å²) in [5.74, 6) is 0.0631. The van der Waals surface area contributed by atoms with Crippen molar-refractivity contribution < 1.29 is 4.79 Å². The fourth-order valence-electron chi connectivity index (χ4n) is 2.13. The highest BCUT2D eigenvalue weighted by atomic mass is 79.9. The number of hydrogen-bond acceptors (Lipinski definition) is 2. The van der Waals surface area contributed by atoms with Gasteiger partial charge < -0.3 is 4.90 Å². The number of amides is 1. The Kier molecular flexibility index (Phi) is 4.15. The third-order valence-corrected chi connectivity index (χ3v) is 5.31. The molecule has 0 N–H and O–H groups in total. The molecule has 1 amide bonds. The maximum absolute atomic E-state index is 12.7.